The van der Waals surface area contributed by atoms with E-state index in [1.54, 1.807) is 25.1 Å². The lowest BCUT2D eigenvalue weighted by molar-refractivity contribution is -0.138. The van der Waals surface area contributed by atoms with E-state index in [1.165, 1.54) is 11.8 Å². The second-order valence-corrected chi connectivity index (χ2v) is 10.6. The first-order chi connectivity index (χ1) is 20.0. The average molecular weight is 580 g/mol. The fraction of sp³-hybridized carbons (Fsp3) is 0.121. The third-order valence-corrected chi connectivity index (χ3v) is 8.00. The number of nitriles is 1. The third-order valence-electron chi connectivity index (χ3n) is 6.64. The van der Waals surface area contributed by atoms with Gasteiger partial charge < -0.3 is 15.4 Å². The number of allylic oxidation sites excluding steroid dienone is 1. The van der Waals surface area contributed by atoms with Crippen LogP contribution in [0.15, 0.2) is 113 Å². The van der Waals surface area contributed by atoms with Gasteiger partial charge in [-0.2, -0.15) is 5.26 Å². The molecule has 0 unspecified atom stereocenters. The molecule has 1 amide bonds. The number of ether oxygens (including phenoxy) is 1. The highest BCUT2D eigenvalue weighted by Gasteiger charge is 2.38. The molecule has 41 heavy (non-hydrogen) atoms. The molecule has 0 fully saturated rings. The molecule has 0 bridgehead atoms. The van der Waals surface area contributed by atoms with Crippen LogP contribution in [-0.4, -0.2) is 24.2 Å². The summed E-state index contributed by atoms with van der Waals surface area (Å²) in [5, 5.41) is 19.6. The topological polar surface area (TPSA) is 91.2 Å². The maximum atomic E-state index is 13.5. The van der Waals surface area contributed by atoms with Crippen LogP contribution in [0.3, 0.4) is 0 Å². The molecule has 1 aliphatic rings. The van der Waals surface area contributed by atoms with Gasteiger partial charge in [0.15, 0.2) is 0 Å². The first kappa shape index (κ1) is 28.0. The minimum absolute atomic E-state index is 0.0305. The van der Waals surface area contributed by atoms with Gasteiger partial charge in [-0.15, -0.1) is 0 Å². The molecular weight excluding hydrogens is 554 g/mol. The fourth-order valence-corrected chi connectivity index (χ4v) is 5.92. The summed E-state index contributed by atoms with van der Waals surface area (Å²) in [5.74, 6) is -1.54. The van der Waals surface area contributed by atoms with Crippen molar-refractivity contribution < 1.29 is 14.3 Å². The quantitative estimate of drug-likeness (QED) is 0.213. The van der Waals surface area contributed by atoms with E-state index in [1.807, 2.05) is 78.9 Å². The predicted molar refractivity (Wildman–Crippen MR) is 165 cm³/mol. The summed E-state index contributed by atoms with van der Waals surface area (Å²) < 4.78 is 5.47. The van der Waals surface area contributed by atoms with E-state index in [0.717, 1.165) is 16.3 Å². The number of thioether (sulfide) groups is 1. The predicted octanol–water partition coefficient (Wildman–Crippen LogP) is 7.26. The summed E-state index contributed by atoms with van der Waals surface area (Å²) in [6.45, 7) is 1.90. The molecular formula is C33H26ClN3O3S. The molecule has 6 nitrogen and oxygen atoms in total. The Morgan fingerprint density at radius 1 is 0.976 bits per heavy atom. The largest absolute Gasteiger partial charge is 0.463 e. The highest BCUT2D eigenvalue weighted by Crippen LogP contribution is 2.45. The van der Waals surface area contributed by atoms with Crippen LogP contribution in [0.1, 0.15) is 24.0 Å². The van der Waals surface area contributed by atoms with Gasteiger partial charge in [-0.3, -0.25) is 4.79 Å². The minimum atomic E-state index is -0.798. The Morgan fingerprint density at radius 2 is 1.68 bits per heavy atom. The molecule has 0 radical (unpaired) electrons. The molecule has 1 heterocycles. The molecule has 204 valence electrons. The lowest BCUT2D eigenvalue weighted by atomic mass is 9.81. The Bertz CT molecular complexity index is 1720. The molecule has 0 saturated carbocycles. The Balaban J connectivity index is 1.53. The second-order valence-electron chi connectivity index (χ2n) is 9.17. The van der Waals surface area contributed by atoms with Gasteiger partial charge in [0, 0.05) is 16.1 Å². The van der Waals surface area contributed by atoms with E-state index in [-0.39, 0.29) is 29.4 Å². The molecule has 5 rings (SSSR count). The molecule has 0 spiro atoms. The Hall–Kier alpha value is -4.51. The van der Waals surface area contributed by atoms with Gasteiger partial charge in [0.2, 0.25) is 5.91 Å². The zero-order chi connectivity index (χ0) is 28.8. The smallest absolute Gasteiger partial charge is 0.337 e. The summed E-state index contributed by atoms with van der Waals surface area (Å²) >= 11 is 7.83. The van der Waals surface area contributed by atoms with Gasteiger partial charge in [-0.05, 0) is 35.6 Å². The molecule has 4 aromatic rings. The summed E-state index contributed by atoms with van der Waals surface area (Å²) in [5.41, 5.74) is 3.12. The van der Waals surface area contributed by atoms with Gasteiger partial charge in [0.1, 0.15) is 0 Å². The maximum absolute atomic E-state index is 13.5. The second kappa shape index (κ2) is 12.8. The van der Waals surface area contributed by atoms with Crippen LogP contribution in [0.5, 0.6) is 0 Å². The standard InChI is InChI=1S/C33H26ClN3O3S/c1-2-40-33(39)30-29(24-16-8-9-17-26(24)34)25(19-35)32(37-31(30)22-12-4-3-5-13-22)41-20-28(38)36-27-18-10-14-21-11-6-7-15-23(21)27/h3-18,29,37H,2,20H2,1H3,(H,36,38)/t29-/m1/s1. The van der Waals surface area contributed by atoms with Crippen LogP contribution < -0.4 is 10.6 Å². The van der Waals surface area contributed by atoms with Crippen molar-refractivity contribution in [1.29, 1.82) is 5.26 Å². The average Bonchev–Trinajstić information content (AvgIpc) is 3.00. The van der Waals surface area contributed by atoms with Gasteiger partial charge in [0.25, 0.3) is 0 Å². The number of benzene rings is 4. The maximum Gasteiger partial charge on any atom is 0.337 e. The molecule has 4 aromatic carbocycles. The highest BCUT2D eigenvalue weighted by molar-refractivity contribution is 8.03. The van der Waals surface area contributed by atoms with E-state index in [2.05, 4.69) is 16.7 Å². The van der Waals surface area contributed by atoms with Gasteiger partial charge in [-0.25, -0.2) is 4.79 Å². The normalized spacial score (nSPS) is 14.8. The van der Waals surface area contributed by atoms with E-state index in [0.29, 0.717) is 27.0 Å². The lowest BCUT2D eigenvalue weighted by Gasteiger charge is -2.31. The number of fused-ring (bicyclic) bond motifs is 1. The molecule has 0 aromatic heterocycles. The van der Waals surface area contributed by atoms with Crippen molar-refractivity contribution in [3.05, 3.63) is 129 Å². The number of hydrogen-bond donors (Lipinski definition) is 2. The highest BCUT2D eigenvalue weighted by atomic mass is 35.5. The van der Waals surface area contributed by atoms with E-state index >= 15 is 0 Å². The molecule has 8 heteroatoms. The van der Waals surface area contributed by atoms with Gasteiger partial charge >= 0.3 is 5.97 Å². The number of carbonyl (C=O) groups excluding carboxylic acids is 2. The lowest BCUT2D eigenvalue weighted by Crippen LogP contribution is -2.30. The van der Waals surface area contributed by atoms with Crippen LogP contribution in [0, 0.1) is 11.3 Å². The monoisotopic (exact) mass is 579 g/mol. The third kappa shape index (κ3) is 5.99. The van der Waals surface area contributed by atoms with Crippen molar-refractivity contribution in [3.63, 3.8) is 0 Å². The van der Waals surface area contributed by atoms with Crippen LogP contribution >= 0.6 is 23.4 Å². The Labute approximate surface area is 247 Å². The summed E-state index contributed by atoms with van der Waals surface area (Å²) in [6, 6.07) is 32.3. The number of anilines is 1. The number of dihydropyridines is 1. The first-order valence-corrected chi connectivity index (χ1v) is 14.4. The van der Waals surface area contributed by atoms with Crippen molar-refractivity contribution >= 4 is 57.4 Å². The fourth-order valence-electron chi connectivity index (χ4n) is 4.84. The van der Waals surface area contributed by atoms with E-state index < -0.39 is 11.9 Å². The number of rotatable bonds is 8. The summed E-state index contributed by atoms with van der Waals surface area (Å²) in [6.07, 6.45) is 0. The Kier molecular flexibility index (Phi) is 8.73. The minimum Gasteiger partial charge on any atom is -0.463 e. The number of nitrogens with one attached hydrogen (secondary N) is 2. The van der Waals surface area contributed by atoms with Crippen LogP contribution in [0.2, 0.25) is 5.02 Å². The van der Waals surface area contributed by atoms with Crippen LogP contribution in [0.25, 0.3) is 16.5 Å². The SMILES string of the molecule is CCOC(=O)C1=C(c2ccccc2)NC(SCC(=O)Nc2cccc3ccccc23)=C(C#N)[C@H]1c1ccccc1Cl. The summed E-state index contributed by atoms with van der Waals surface area (Å²) in [4.78, 5) is 26.6. The number of amides is 1. The van der Waals surface area contributed by atoms with Crippen molar-refractivity contribution in [2.45, 2.75) is 12.8 Å². The van der Waals surface area contributed by atoms with Crippen molar-refractivity contribution in [3.8, 4) is 6.07 Å². The number of halogens is 1. The number of esters is 1. The van der Waals surface area contributed by atoms with Gasteiger partial charge in [-0.1, -0.05) is 108 Å². The number of hydrogen-bond acceptors (Lipinski definition) is 6. The zero-order valence-electron chi connectivity index (χ0n) is 22.2. The van der Waals surface area contributed by atoms with E-state index in [4.69, 9.17) is 16.3 Å². The number of carbonyl (C=O) groups is 2. The first-order valence-electron chi connectivity index (χ1n) is 13.0. The zero-order valence-corrected chi connectivity index (χ0v) is 23.8. The van der Waals surface area contributed by atoms with E-state index in [9.17, 15) is 14.9 Å². The molecule has 2 N–H and O–H groups in total. The summed E-state index contributed by atoms with van der Waals surface area (Å²) in [7, 11) is 0. The molecule has 0 saturated heterocycles. The van der Waals surface area contributed by atoms with Crippen molar-refractivity contribution in [1.82, 2.24) is 5.32 Å². The van der Waals surface area contributed by atoms with Crippen molar-refractivity contribution in [2.75, 3.05) is 17.7 Å². The van der Waals surface area contributed by atoms with Crippen molar-refractivity contribution in [2.24, 2.45) is 0 Å². The van der Waals surface area contributed by atoms with Crippen LogP contribution in [-0.2, 0) is 14.3 Å². The Morgan fingerprint density at radius 3 is 2.44 bits per heavy atom. The van der Waals surface area contributed by atoms with Crippen LogP contribution in [0.4, 0.5) is 5.69 Å². The molecule has 0 aliphatic carbocycles. The molecule has 1 aliphatic heterocycles. The van der Waals surface area contributed by atoms with Gasteiger partial charge in [0.05, 0.1) is 46.2 Å². The molecule has 1 atom stereocenters. The number of nitrogens with zero attached hydrogens (tertiary/aromatic N) is 1.